The van der Waals surface area contributed by atoms with Crippen LogP contribution in [0, 0.1) is 0 Å². The topological polar surface area (TPSA) is 70.7 Å². The van der Waals surface area contributed by atoms with Crippen molar-refractivity contribution in [1.29, 1.82) is 0 Å². The maximum atomic E-state index is 12.3. The average molecular weight is 340 g/mol. The molecular formula is C16H22ClN3O3. The number of rotatable bonds is 4. The number of benzene rings is 1. The quantitative estimate of drug-likeness (QED) is 0.879. The number of nitrogens with zero attached hydrogens (tertiary/aromatic N) is 1. The summed E-state index contributed by atoms with van der Waals surface area (Å²) in [5.74, 6) is 0.586. The molecule has 2 N–H and O–H groups in total. The van der Waals surface area contributed by atoms with Crippen molar-refractivity contribution in [2.45, 2.75) is 25.8 Å². The normalized spacial score (nSPS) is 18.1. The van der Waals surface area contributed by atoms with Crippen LogP contribution in [0.5, 0.6) is 5.75 Å². The SMILES string of the molecule is COc1ccc(CCNC(=O)N2CCCNC(=O)C2C)c(Cl)c1. The van der Waals surface area contributed by atoms with Crippen LogP contribution in [0.1, 0.15) is 18.9 Å². The summed E-state index contributed by atoms with van der Waals surface area (Å²) in [6.07, 6.45) is 1.37. The van der Waals surface area contributed by atoms with Gasteiger partial charge in [0.1, 0.15) is 11.8 Å². The van der Waals surface area contributed by atoms with Crippen molar-refractivity contribution in [3.8, 4) is 5.75 Å². The third-order valence-corrected chi connectivity index (χ3v) is 4.27. The lowest BCUT2D eigenvalue weighted by atomic mass is 10.1. The molecule has 1 aliphatic heterocycles. The van der Waals surface area contributed by atoms with Crippen molar-refractivity contribution >= 4 is 23.5 Å². The van der Waals surface area contributed by atoms with Crippen LogP contribution in [-0.2, 0) is 11.2 Å². The highest BCUT2D eigenvalue weighted by Gasteiger charge is 2.27. The number of carbonyl (C=O) groups excluding carboxylic acids is 2. The Labute approximate surface area is 141 Å². The zero-order valence-corrected chi connectivity index (χ0v) is 14.2. The van der Waals surface area contributed by atoms with Gasteiger partial charge in [-0.3, -0.25) is 4.79 Å². The van der Waals surface area contributed by atoms with E-state index < -0.39 is 6.04 Å². The summed E-state index contributed by atoms with van der Waals surface area (Å²) in [4.78, 5) is 25.6. The van der Waals surface area contributed by atoms with E-state index in [9.17, 15) is 9.59 Å². The molecule has 1 unspecified atom stereocenters. The lowest BCUT2D eigenvalue weighted by molar-refractivity contribution is -0.124. The number of ether oxygens (including phenoxy) is 1. The molecule has 6 nitrogen and oxygen atoms in total. The van der Waals surface area contributed by atoms with Crippen LogP contribution >= 0.6 is 11.6 Å². The third-order valence-electron chi connectivity index (χ3n) is 3.91. The number of hydrogen-bond donors (Lipinski definition) is 2. The van der Waals surface area contributed by atoms with Crippen LogP contribution in [0.4, 0.5) is 4.79 Å². The Bertz CT molecular complexity index is 580. The lowest BCUT2D eigenvalue weighted by Gasteiger charge is -2.25. The van der Waals surface area contributed by atoms with Crippen molar-refractivity contribution in [2.75, 3.05) is 26.7 Å². The van der Waals surface area contributed by atoms with Gasteiger partial charge in [0.15, 0.2) is 0 Å². The van der Waals surface area contributed by atoms with E-state index in [-0.39, 0.29) is 11.9 Å². The predicted molar refractivity (Wildman–Crippen MR) is 88.9 cm³/mol. The molecule has 1 aromatic carbocycles. The van der Waals surface area contributed by atoms with Gasteiger partial charge in [-0.2, -0.15) is 0 Å². The fourth-order valence-corrected chi connectivity index (χ4v) is 2.75. The van der Waals surface area contributed by atoms with Gasteiger partial charge in [0.25, 0.3) is 0 Å². The smallest absolute Gasteiger partial charge is 0.318 e. The van der Waals surface area contributed by atoms with Gasteiger partial charge in [0, 0.05) is 24.7 Å². The highest BCUT2D eigenvalue weighted by atomic mass is 35.5. The summed E-state index contributed by atoms with van der Waals surface area (Å²) in [6, 6.07) is 4.79. The Morgan fingerprint density at radius 2 is 2.30 bits per heavy atom. The van der Waals surface area contributed by atoms with E-state index in [0.717, 1.165) is 12.0 Å². The van der Waals surface area contributed by atoms with Crippen LogP contribution in [0.2, 0.25) is 5.02 Å². The predicted octanol–water partition coefficient (Wildman–Crippen LogP) is 1.81. The van der Waals surface area contributed by atoms with Crippen molar-refractivity contribution in [3.63, 3.8) is 0 Å². The number of amides is 3. The fraction of sp³-hybridized carbons (Fsp3) is 0.500. The minimum Gasteiger partial charge on any atom is -0.497 e. The maximum absolute atomic E-state index is 12.3. The van der Waals surface area contributed by atoms with Crippen molar-refractivity contribution in [3.05, 3.63) is 28.8 Å². The Balaban J connectivity index is 1.88. The first-order chi connectivity index (χ1) is 11.0. The molecule has 23 heavy (non-hydrogen) atoms. The Kier molecular flexibility index (Phi) is 6.10. The van der Waals surface area contributed by atoms with E-state index in [1.54, 1.807) is 25.0 Å². The second-order valence-electron chi connectivity index (χ2n) is 5.45. The number of hydrogen-bond acceptors (Lipinski definition) is 3. The molecule has 7 heteroatoms. The standard InChI is InChI=1S/C16H22ClN3O3/c1-11-15(21)18-7-3-9-20(11)16(22)19-8-6-12-4-5-13(23-2)10-14(12)17/h4-5,10-11H,3,6-9H2,1-2H3,(H,18,21)(H,19,22). The van der Waals surface area contributed by atoms with Gasteiger partial charge in [0.2, 0.25) is 5.91 Å². The second kappa shape index (κ2) is 8.06. The minimum absolute atomic E-state index is 0.115. The van der Waals surface area contributed by atoms with Crippen molar-refractivity contribution in [2.24, 2.45) is 0 Å². The van der Waals surface area contributed by atoms with Crippen molar-refractivity contribution in [1.82, 2.24) is 15.5 Å². The molecule has 0 radical (unpaired) electrons. The lowest BCUT2D eigenvalue weighted by Crippen LogP contribution is -2.49. The molecule has 1 fully saturated rings. The molecule has 1 atom stereocenters. The van der Waals surface area contributed by atoms with Crippen LogP contribution in [0.15, 0.2) is 18.2 Å². The second-order valence-corrected chi connectivity index (χ2v) is 5.86. The van der Waals surface area contributed by atoms with Crippen molar-refractivity contribution < 1.29 is 14.3 Å². The van der Waals surface area contributed by atoms with E-state index in [4.69, 9.17) is 16.3 Å². The Morgan fingerprint density at radius 1 is 1.52 bits per heavy atom. The number of halogens is 1. The van der Waals surface area contributed by atoms with Gasteiger partial charge >= 0.3 is 6.03 Å². The van der Waals surface area contributed by atoms with Gasteiger partial charge in [0.05, 0.1) is 7.11 Å². The summed E-state index contributed by atoms with van der Waals surface area (Å²) < 4.78 is 5.11. The molecule has 2 rings (SSSR count). The molecule has 0 aromatic heterocycles. The number of methoxy groups -OCH3 is 1. The van der Waals surface area contributed by atoms with E-state index in [1.807, 2.05) is 12.1 Å². The zero-order valence-electron chi connectivity index (χ0n) is 13.4. The first-order valence-electron chi connectivity index (χ1n) is 7.67. The molecule has 0 spiro atoms. The zero-order chi connectivity index (χ0) is 16.8. The van der Waals surface area contributed by atoms with Gasteiger partial charge in [-0.1, -0.05) is 17.7 Å². The summed E-state index contributed by atoms with van der Waals surface area (Å²) in [5.41, 5.74) is 0.939. The van der Waals surface area contributed by atoms with Crippen LogP contribution in [-0.4, -0.2) is 49.6 Å². The molecule has 1 aromatic rings. The monoisotopic (exact) mass is 339 g/mol. The molecule has 3 amide bonds. The molecule has 1 aliphatic rings. The highest BCUT2D eigenvalue weighted by molar-refractivity contribution is 6.31. The van der Waals surface area contributed by atoms with Crippen LogP contribution < -0.4 is 15.4 Å². The van der Waals surface area contributed by atoms with Gasteiger partial charge in [-0.25, -0.2) is 4.79 Å². The molecule has 126 valence electrons. The Hall–Kier alpha value is -1.95. The Morgan fingerprint density at radius 3 is 3.00 bits per heavy atom. The molecular weight excluding hydrogens is 318 g/mol. The fourth-order valence-electron chi connectivity index (χ4n) is 2.48. The van der Waals surface area contributed by atoms with E-state index in [2.05, 4.69) is 10.6 Å². The number of carbonyl (C=O) groups is 2. The van der Waals surface area contributed by atoms with Gasteiger partial charge < -0.3 is 20.3 Å². The van der Waals surface area contributed by atoms with E-state index in [1.165, 1.54) is 0 Å². The minimum atomic E-state index is -0.456. The summed E-state index contributed by atoms with van der Waals surface area (Å²) >= 11 is 6.18. The summed E-state index contributed by atoms with van der Waals surface area (Å²) in [5, 5.41) is 6.25. The molecule has 1 heterocycles. The molecule has 0 aliphatic carbocycles. The number of nitrogens with one attached hydrogen (secondary N) is 2. The molecule has 1 saturated heterocycles. The van der Waals surface area contributed by atoms with Gasteiger partial charge in [-0.15, -0.1) is 0 Å². The first-order valence-corrected chi connectivity index (χ1v) is 8.05. The molecule has 0 saturated carbocycles. The highest BCUT2D eigenvalue weighted by Crippen LogP contribution is 2.22. The van der Waals surface area contributed by atoms with Crippen LogP contribution in [0.25, 0.3) is 0 Å². The van der Waals surface area contributed by atoms with Crippen LogP contribution in [0.3, 0.4) is 0 Å². The maximum Gasteiger partial charge on any atom is 0.318 e. The largest absolute Gasteiger partial charge is 0.497 e. The van der Waals surface area contributed by atoms with E-state index in [0.29, 0.717) is 36.8 Å². The average Bonchev–Trinajstić information content (AvgIpc) is 2.71. The summed E-state index contributed by atoms with van der Waals surface area (Å²) in [6.45, 7) is 3.36. The van der Waals surface area contributed by atoms with Gasteiger partial charge in [-0.05, 0) is 37.5 Å². The summed E-state index contributed by atoms with van der Waals surface area (Å²) in [7, 11) is 1.59. The number of urea groups is 1. The van der Waals surface area contributed by atoms with E-state index >= 15 is 0 Å². The molecule has 0 bridgehead atoms. The first kappa shape index (κ1) is 17.4. The third kappa shape index (κ3) is 4.51.